The van der Waals surface area contributed by atoms with E-state index in [2.05, 4.69) is 17.0 Å². The van der Waals surface area contributed by atoms with Crippen molar-refractivity contribution in [3.8, 4) is 5.75 Å². The minimum atomic E-state index is -0.0640. The second-order valence-corrected chi connectivity index (χ2v) is 8.11. The van der Waals surface area contributed by atoms with Crippen molar-refractivity contribution in [2.45, 2.75) is 32.8 Å². The van der Waals surface area contributed by atoms with Crippen LogP contribution in [0, 0.1) is 6.92 Å². The molecule has 6 nitrogen and oxygen atoms in total. The van der Waals surface area contributed by atoms with Gasteiger partial charge in [0.15, 0.2) is 0 Å². The molecule has 0 spiro atoms. The Bertz CT molecular complexity index is 907. The van der Waals surface area contributed by atoms with Gasteiger partial charge in [-0.3, -0.25) is 9.59 Å². The van der Waals surface area contributed by atoms with E-state index >= 15 is 0 Å². The van der Waals surface area contributed by atoms with Gasteiger partial charge in [-0.25, -0.2) is 0 Å². The molecule has 2 aliphatic heterocycles. The summed E-state index contributed by atoms with van der Waals surface area (Å²) in [6.07, 6.45) is 0.403. The number of hydrogen-bond acceptors (Lipinski definition) is 4. The van der Waals surface area contributed by atoms with Gasteiger partial charge in [-0.1, -0.05) is 24.3 Å². The molecule has 0 N–H and O–H groups in total. The Morgan fingerprint density at radius 2 is 1.67 bits per heavy atom. The number of hydrogen-bond donors (Lipinski definition) is 0. The SMILES string of the molecule is Cc1ccc2c(c1)N(C(=O)CCC(=O)N1CCN(c3ccccc3)CC1)CC(C)O2. The number of benzene rings is 2. The van der Waals surface area contributed by atoms with Crippen LogP contribution in [-0.4, -0.2) is 55.5 Å². The fourth-order valence-electron chi connectivity index (χ4n) is 4.14. The minimum Gasteiger partial charge on any atom is -0.487 e. The molecule has 1 fully saturated rings. The van der Waals surface area contributed by atoms with Gasteiger partial charge in [0.2, 0.25) is 11.8 Å². The van der Waals surface area contributed by atoms with Gasteiger partial charge in [0.05, 0.1) is 12.2 Å². The quantitative estimate of drug-likeness (QED) is 0.781. The van der Waals surface area contributed by atoms with Crippen LogP contribution < -0.4 is 14.5 Å². The van der Waals surface area contributed by atoms with Gasteiger partial charge in [0, 0.05) is 44.7 Å². The van der Waals surface area contributed by atoms with Crippen molar-refractivity contribution in [3.05, 3.63) is 54.1 Å². The zero-order chi connectivity index (χ0) is 21.1. The van der Waals surface area contributed by atoms with Gasteiger partial charge in [-0.2, -0.15) is 0 Å². The molecule has 158 valence electrons. The van der Waals surface area contributed by atoms with Crippen molar-refractivity contribution in [1.29, 1.82) is 0 Å². The smallest absolute Gasteiger partial charge is 0.227 e. The summed E-state index contributed by atoms with van der Waals surface area (Å²) in [6, 6.07) is 16.1. The zero-order valence-electron chi connectivity index (χ0n) is 17.7. The topological polar surface area (TPSA) is 53.1 Å². The number of rotatable bonds is 4. The molecular formula is C24H29N3O3. The second kappa shape index (κ2) is 8.78. The lowest BCUT2D eigenvalue weighted by atomic mass is 10.1. The normalized spacial score (nSPS) is 18.6. The number of nitrogens with zero attached hydrogens (tertiary/aromatic N) is 3. The Labute approximate surface area is 178 Å². The van der Waals surface area contributed by atoms with Crippen molar-refractivity contribution in [2.75, 3.05) is 42.5 Å². The van der Waals surface area contributed by atoms with Gasteiger partial charge >= 0.3 is 0 Å². The highest BCUT2D eigenvalue weighted by Crippen LogP contribution is 2.34. The molecule has 6 heteroatoms. The Morgan fingerprint density at radius 1 is 0.967 bits per heavy atom. The number of fused-ring (bicyclic) bond motifs is 1. The molecule has 2 aromatic rings. The van der Waals surface area contributed by atoms with E-state index in [1.165, 1.54) is 5.69 Å². The summed E-state index contributed by atoms with van der Waals surface area (Å²) < 4.78 is 5.86. The highest BCUT2D eigenvalue weighted by Gasteiger charge is 2.29. The van der Waals surface area contributed by atoms with Crippen molar-refractivity contribution in [3.63, 3.8) is 0 Å². The van der Waals surface area contributed by atoms with Crippen LogP contribution in [0.4, 0.5) is 11.4 Å². The van der Waals surface area contributed by atoms with Gasteiger partial charge in [0.25, 0.3) is 0 Å². The number of carbonyl (C=O) groups excluding carboxylic acids is 2. The maximum absolute atomic E-state index is 12.9. The molecule has 30 heavy (non-hydrogen) atoms. The Balaban J connectivity index is 1.31. The van der Waals surface area contributed by atoms with E-state index < -0.39 is 0 Å². The predicted octanol–water partition coefficient (Wildman–Crippen LogP) is 3.24. The minimum absolute atomic E-state index is 0.0201. The van der Waals surface area contributed by atoms with E-state index in [-0.39, 0.29) is 30.8 Å². The molecule has 0 aliphatic carbocycles. The van der Waals surface area contributed by atoms with E-state index in [9.17, 15) is 9.59 Å². The lowest BCUT2D eigenvalue weighted by Gasteiger charge is -2.36. The molecule has 2 heterocycles. The summed E-state index contributed by atoms with van der Waals surface area (Å²) in [4.78, 5) is 31.6. The molecule has 1 atom stereocenters. The van der Waals surface area contributed by atoms with Crippen LogP contribution in [0.2, 0.25) is 0 Å². The van der Waals surface area contributed by atoms with E-state index in [4.69, 9.17) is 4.74 Å². The van der Waals surface area contributed by atoms with Gasteiger partial charge in [-0.15, -0.1) is 0 Å². The summed E-state index contributed by atoms with van der Waals surface area (Å²) >= 11 is 0. The largest absolute Gasteiger partial charge is 0.487 e. The van der Waals surface area contributed by atoms with Crippen LogP contribution in [0.1, 0.15) is 25.3 Å². The fraction of sp³-hybridized carbons (Fsp3) is 0.417. The highest BCUT2D eigenvalue weighted by atomic mass is 16.5. The average molecular weight is 408 g/mol. The highest BCUT2D eigenvalue weighted by molar-refractivity contribution is 5.97. The van der Waals surface area contributed by atoms with Crippen LogP contribution in [0.3, 0.4) is 0 Å². The lowest BCUT2D eigenvalue weighted by Crippen LogP contribution is -2.49. The first-order chi connectivity index (χ1) is 14.5. The first-order valence-corrected chi connectivity index (χ1v) is 10.7. The number of ether oxygens (including phenoxy) is 1. The third-order valence-corrected chi connectivity index (χ3v) is 5.78. The number of para-hydroxylation sites is 1. The van der Waals surface area contributed by atoms with E-state index in [1.807, 2.05) is 55.1 Å². The number of carbonyl (C=O) groups is 2. The zero-order valence-corrected chi connectivity index (χ0v) is 17.7. The molecule has 1 saturated heterocycles. The van der Waals surface area contributed by atoms with Crippen molar-refractivity contribution >= 4 is 23.2 Å². The number of anilines is 2. The maximum atomic E-state index is 12.9. The van der Waals surface area contributed by atoms with Gasteiger partial charge < -0.3 is 19.4 Å². The Morgan fingerprint density at radius 3 is 2.40 bits per heavy atom. The van der Waals surface area contributed by atoms with E-state index in [1.54, 1.807) is 4.90 Å². The monoisotopic (exact) mass is 407 g/mol. The van der Waals surface area contributed by atoms with E-state index in [0.717, 1.165) is 30.1 Å². The summed E-state index contributed by atoms with van der Waals surface area (Å²) in [5.74, 6) is 0.770. The molecule has 0 saturated carbocycles. The van der Waals surface area contributed by atoms with E-state index in [0.29, 0.717) is 19.6 Å². The molecule has 2 aromatic carbocycles. The summed E-state index contributed by atoms with van der Waals surface area (Å²) in [5, 5.41) is 0. The van der Waals surface area contributed by atoms with Crippen molar-refractivity contribution in [2.24, 2.45) is 0 Å². The van der Waals surface area contributed by atoms with Gasteiger partial charge in [0.1, 0.15) is 11.9 Å². The molecule has 0 bridgehead atoms. The van der Waals surface area contributed by atoms with Crippen molar-refractivity contribution in [1.82, 2.24) is 4.90 Å². The summed E-state index contributed by atoms with van der Waals surface area (Å²) in [7, 11) is 0. The Hall–Kier alpha value is -3.02. The molecule has 4 rings (SSSR count). The van der Waals surface area contributed by atoms with Crippen LogP contribution in [0.15, 0.2) is 48.5 Å². The predicted molar refractivity (Wildman–Crippen MR) is 118 cm³/mol. The number of aryl methyl sites for hydroxylation is 1. The molecular weight excluding hydrogens is 378 g/mol. The third-order valence-electron chi connectivity index (χ3n) is 5.78. The Kier molecular flexibility index (Phi) is 5.93. The first-order valence-electron chi connectivity index (χ1n) is 10.7. The maximum Gasteiger partial charge on any atom is 0.227 e. The third kappa shape index (κ3) is 4.42. The average Bonchev–Trinajstić information content (AvgIpc) is 2.77. The number of piperazine rings is 1. The number of amides is 2. The molecule has 0 aromatic heterocycles. The molecule has 2 amide bonds. The molecule has 2 aliphatic rings. The van der Waals surface area contributed by atoms with Crippen LogP contribution in [0.25, 0.3) is 0 Å². The molecule has 1 unspecified atom stereocenters. The molecule has 0 radical (unpaired) electrons. The van der Waals surface area contributed by atoms with Crippen LogP contribution >= 0.6 is 0 Å². The first kappa shape index (κ1) is 20.3. The van der Waals surface area contributed by atoms with Crippen LogP contribution in [0.5, 0.6) is 5.75 Å². The fourth-order valence-corrected chi connectivity index (χ4v) is 4.14. The summed E-state index contributed by atoms with van der Waals surface area (Å²) in [5.41, 5.74) is 3.08. The second-order valence-electron chi connectivity index (χ2n) is 8.11. The summed E-state index contributed by atoms with van der Waals surface area (Å²) in [6.45, 7) is 7.49. The standard InChI is InChI=1S/C24H29N3O3/c1-18-8-9-22-21(16-18)27(17-19(2)30-22)24(29)11-10-23(28)26-14-12-25(13-15-26)20-6-4-3-5-7-20/h3-9,16,19H,10-15,17H2,1-2H3. The lowest BCUT2D eigenvalue weighted by molar-refractivity contribution is -0.133. The van der Waals surface area contributed by atoms with Crippen LogP contribution in [-0.2, 0) is 9.59 Å². The van der Waals surface area contributed by atoms with Gasteiger partial charge in [-0.05, 0) is 43.7 Å². The van der Waals surface area contributed by atoms with Crippen molar-refractivity contribution < 1.29 is 14.3 Å².